The average molecular weight is 256 g/mol. The summed E-state index contributed by atoms with van der Waals surface area (Å²) in [6, 6.07) is 12.0. The van der Waals surface area contributed by atoms with Gasteiger partial charge in [0.05, 0.1) is 5.56 Å². The Morgan fingerprint density at radius 3 is 2.56 bits per heavy atom. The fraction of sp³-hybridized carbons (Fsp3) is 0. The third-order valence-electron chi connectivity index (χ3n) is 2.18. The van der Waals surface area contributed by atoms with E-state index in [2.05, 4.69) is 4.98 Å². The molecule has 0 atom stereocenters. The lowest BCUT2D eigenvalue weighted by Crippen LogP contribution is -1.94. The van der Waals surface area contributed by atoms with Crippen LogP contribution in [0.25, 0.3) is 0 Å². The van der Waals surface area contributed by atoms with E-state index in [9.17, 15) is 4.79 Å². The maximum atomic E-state index is 10.7. The highest BCUT2D eigenvalue weighted by molar-refractivity contribution is 7.99. The molecule has 88 valence electrons. The van der Waals surface area contributed by atoms with Gasteiger partial charge in [-0.25, -0.2) is 9.78 Å². The van der Waals surface area contributed by atoms with Crippen LogP contribution >= 0.6 is 11.8 Å². The molecular formula is C13H8N2O2S. The van der Waals surface area contributed by atoms with Gasteiger partial charge in [-0.3, -0.25) is 0 Å². The largest absolute Gasteiger partial charge is 0.478 e. The fourth-order valence-corrected chi connectivity index (χ4v) is 2.18. The van der Waals surface area contributed by atoms with Crippen LogP contribution in [0.1, 0.15) is 16.1 Å². The van der Waals surface area contributed by atoms with Gasteiger partial charge in [0.25, 0.3) is 0 Å². The predicted molar refractivity (Wildman–Crippen MR) is 66.5 cm³/mol. The van der Waals surface area contributed by atoms with Gasteiger partial charge in [0.1, 0.15) is 11.8 Å². The van der Waals surface area contributed by atoms with E-state index in [1.54, 1.807) is 42.6 Å². The van der Waals surface area contributed by atoms with Gasteiger partial charge in [-0.1, -0.05) is 11.8 Å². The lowest BCUT2D eigenvalue weighted by atomic mass is 10.2. The minimum atomic E-state index is -0.942. The molecule has 0 spiro atoms. The Morgan fingerprint density at radius 1 is 1.22 bits per heavy atom. The topological polar surface area (TPSA) is 74.0 Å². The van der Waals surface area contributed by atoms with Crippen LogP contribution in [0, 0.1) is 11.3 Å². The first-order chi connectivity index (χ1) is 8.69. The van der Waals surface area contributed by atoms with Gasteiger partial charge in [-0.05, 0) is 36.4 Å². The van der Waals surface area contributed by atoms with Gasteiger partial charge >= 0.3 is 5.97 Å². The SMILES string of the molecule is N#Cc1cc(Sc2ccc(C(=O)O)cc2)ccn1. The molecule has 0 saturated heterocycles. The predicted octanol–water partition coefficient (Wildman–Crippen LogP) is 2.80. The van der Waals surface area contributed by atoms with Gasteiger partial charge in [-0.2, -0.15) is 5.26 Å². The first-order valence-corrected chi connectivity index (χ1v) is 5.88. The number of hydrogen-bond acceptors (Lipinski definition) is 4. The van der Waals surface area contributed by atoms with Gasteiger partial charge in [0, 0.05) is 16.0 Å². The molecule has 0 saturated carbocycles. The normalized spacial score (nSPS) is 9.72. The van der Waals surface area contributed by atoms with E-state index in [-0.39, 0.29) is 5.56 Å². The quantitative estimate of drug-likeness (QED) is 0.914. The van der Waals surface area contributed by atoms with Crippen molar-refractivity contribution in [3.63, 3.8) is 0 Å². The number of benzene rings is 1. The van der Waals surface area contributed by atoms with Crippen LogP contribution in [0.2, 0.25) is 0 Å². The molecule has 18 heavy (non-hydrogen) atoms. The molecule has 0 fully saturated rings. The van der Waals surface area contributed by atoms with Crippen LogP contribution in [0.4, 0.5) is 0 Å². The van der Waals surface area contributed by atoms with Gasteiger partial charge in [0.2, 0.25) is 0 Å². The molecule has 2 rings (SSSR count). The molecule has 1 N–H and O–H groups in total. The van der Waals surface area contributed by atoms with E-state index < -0.39 is 5.97 Å². The van der Waals surface area contributed by atoms with Gasteiger partial charge < -0.3 is 5.11 Å². The first kappa shape index (κ1) is 12.1. The molecule has 1 aromatic heterocycles. The lowest BCUT2D eigenvalue weighted by Gasteiger charge is -2.02. The summed E-state index contributed by atoms with van der Waals surface area (Å²) < 4.78 is 0. The average Bonchev–Trinajstić information content (AvgIpc) is 2.39. The van der Waals surface area contributed by atoms with Crippen molar-refractivity contribution in [3.05, 3.63) is 53.9 Å². The summed E-state index contributed by atoms with van der Waals surface area (Å²) in [5.74, 6) is -0.942. The van der Waals surface area contributed by atoms with Crippen LogP contribution in [-0.2, 0) is 0 Å². The van der Waals surface area contributed by atoms with Crippen LogP contribution in [0.3, 0.4) is 0 Å². The summed E-state index contributed by atoms with van der Waals surface area (Å²) in [5.41, 5.74) is 0.619. The Morgan fingerprint density at radius 2 is 1.94 bits per heavy atom. The van der Waals surface area contributed by atoms with Gasteiger partial charge in [0.15, 0.2) is 0 Å². The molecule has 1 heterocycles. The van der Waals surface area contributed by atoms with E-state index >= 15 is 0 Å². The molecule has 0 bridgehead atoms. The summed E-state index contributed by atoms with van der Waals surface area (Å²) in [4.78, 5) is 16.4. The maximum absolute atomic E-state index is 10.7. The number of pyridine rings is 1. The number of carboxylic acid groups (broad SMARTS) is 1. The summed E-state index contributed by atoms with van der Waals surface area (Å²) in [7, 11) is 0. The number of carbonyl (C=O) groups is 1. The number of aromatic carboxylic acids is 1. The van der Waals surface area contributed by atoms with Crippen molar-refractivity contribution in [2.24, 2.45) is 0 Å². The van der Waals surface area contributed by atoms with Gasteiger partial charge in [-0.15, -0.1) is 0 Å². The fourth-order valence-electron chi connectivity index (χ4n) is 1.34. The van der Waals surface area contributed by atoms with Crippen LogP contribution < -0.4 is 0 Å². The van der Waals surface area contributed by atoms with E-state index in [1.165, 1.54) is 11.8 Å². The second-order valence-electron chi connectivity index (χ2n) is 3.42. The Kier molecular flexibility index (Phi) is 3.60. The highest BCUT2D eigenvalue weighted by atomic mass is 32.2. The van der Waals surface area contributed by atoms with Crippen LogP contribution in [0.15, 0.2) is 52.4 Å². The Bertz CT molecular complexity index is 618. The second kappa shape index (κ2) is 5.34. The Hall–Kier alpha value is -2.32. The van der Waals surface area contributed by atoms with Crippen molar-refractivity contribution in [2.45, 2.75) is 9.79 Å². The minimum absolute atomic E-state index is 0.256. The zero-order chi connectivity index (χ0) is 13.0. The van der Waals surface area contributed by atoms with Crippen molar-refractivity contribution in [1.82, 2.24) is 4.98 Å². The van der Waals surface area contributed by atoms with Crippen molar-refractivity contribution in [1.29, 1.82) is 5.26 Å². The van der Waals surface area contributed by atoms with Crippen LogP contribution in [0.5, 0.6) is 0 Å². The van der Waals surface area contributed by atoms with E-state index in [0.29, 0.717) is 5.69 Å². The molecular weight excluding hydrogens is 248 g/mol. The number of nitrogens with zero attached hydrogens (tertiary/aromatic N) is 2. The summed E-state index contributed by atoms with van der Waals surface area (Å²) in [6.45, 7) is 0. The minimum Gasteiger partial charge on any atom is -0.478 e. The highest BCUT2D eigenvalue weighted by Crippen LogP contribution is 2.27. The molecule has 0 unspecified atom stereocenters. The number of hydrogen-bond donors (Lipinski definition) is 1. The van der Waals surface area contributed by atoms with E-state index in [4.69, 9.17) is 10.4 Å². The molecule has 0 aliphatic rings. The molecule has 5 heteroatoms. The zero-order valence-corrected chi connectivity index (χ0v) is 10.0. The van der Waals surface area contributed by atoms with Crippen LogP contribution in [-0.4, -0.2) is 16.1 Å². The summed E-state index contributed by atoms with van der Waals surface area (Å²) >= 11 is 1.45. The molecule has 0 amide bonds. The third kappa shape index (κ3) is 2.87. The monoisotopic (exact) mass is 256 g/mol. The molecule has 0 aliphatic carbocycles. The standard InChI is InChI=1S/C13H8N2O2S/c14-8-10-7-12(5-6-15-10)18-11-3-1-9(2-4-11)13(16)17/h1-7H,(H,16,17). The molecule has 1 aromatic carbocycles. The van der Waals surface area contributed by atoms with E-state index in [1.807, 2.05) is 6.07 Å². The second-order valence-corrected chi connectivity index (χ2v) is 4.57. The van der Waals surface area contributed by atoms with Crippen molar-refractivity contribution >= 4 is 17.7 Å². The third-order valence-corrected chi connectivity index (χ3v) is 3.18. The van der Waals surface area contributed by atoms with Crippen molar-refractivity contribution in [2.75, 3.05) is 0 Å². The summed E-state index contributed by atoms with van der Waals surface area (Å²) in [6.07, 6.45) is 1.58. The molecule has 0 aliphatic heterocycles. The first-order valence-electron chi connectivity index (χ1n) is 5.06. The number of carboxylic acids is 1. The van der Waals surface area contributed by atoms with Crippen molar-refractivity contribution < 1.29 is 9.90 Å². The Balaban J connectivity index is 2.18. The number of aromatic nitrogens is 1. The highest BCUT2D eigenvalue weighted by Gasteiger charge is 2.03. The lowest BCUT2D eigenvalue weighted by molar-refractivity contribution is 0.0697. The maximum Gasteiger partial charge on any atom is 0.335 e. The molecule has 0 radical (unpaired) electrons. The molecule has 2 aromatic rings. The Labute approximate surface area is 108 Å². The molecule has 4 nitrogen and oxygen atoms in total. The van der Waals surface area contributed by atoms with Crippen molar-refractivity contribution in [3.8, 4) is 6.07 Å². The number of nitriles is 1. The van der Waals surface area contributed by atoms with E-state index in [0.717, 1.165) is 9.79 Å². The smallest absolute Gasteiger partial charge is 0.335 e. The summed E-state index contributed by atoms with van der Waals surface area (Å²) in [5, 5.41) is 17.5. The number of rotatable bonds is 3. The zero-order valence-electron chi connectivity index (χ0n) is 9.20.